The van der Waals surface area contributed by atoms with E-state index < -0.39 is 17.3 Å². The van der Waals surface area contributed by atoms with Gasteiger partial charge in [-0.1, -0.05) is 12.1 Å². The van der Waals surface area contributed by atoms with Gasteiger partial charge in [0.05, 0.1) is 25.2 Å². The molecule has 0 N–H and O–H groups in total. The second-order valence-corrected chi connectivity index (χ2v) is 8.65. The van der Waals surface area contributed by atoms with Crippen LogP contribution in [0.1, 0.15) is 17.7 Å². The van der Waals surface area contributed by atoms with Crippen LogP contribution in [0.5, 0.6) is 11.5 Å². The van der Waals surface area contributed by atoms with Crippen molar-refractivity contribution in [1.29, 1.82) is 0 Å². The molecule has 31 heavy (non-hydrogen) atoms. The van der Waals surface area contributed by atoms with E-state index in [0.29, 0.717) is 24.6 Å². The number of fused-ring (bicyclic) bond motifs is 1. The molecule has 0 bridgehead atoms. The number of thioether (sulfide) groups is 1. The number of carbonyl (C=O) groups is 2. The van der Waals surface area contributed by atoms with Crippen LogP contribution in [-0.2, 0) is 14.3 Å². The van der Waals surface area contributed by atoms with Gasteiger partial charge in [0.1, 0.15) is 11.5 Å². The van der Waals surface area contributed by atoms with Crippen LogP contribution in [0.3, 0.4) is 0 Å². The van der Waals surface area contributed by atoms with Crippen molar-refractivity contribution in [2.75, 3.05) is 46.3 Å². The van der Waals surface area contributed by atoms with E-state index in [9.17, 15) is 9.59 Å². The first-order valence-electron chi connectivity index (χ1n) is 9.96. The van der Waals surface area contributed by atoms with Crippen LogP contribution in [0.25, 0.3) is 0 Å². The minimum atomic E-state index is -0.962. The molecule has 0 radical (unpaired) electrons. The van der Waals surface area contributed by atoms with Gasteiger partial charge in [-0.3, -0.25) is 9.59 Å². The van der Waals surface area contributed by atoms with Gasteiger partial charge in [0.15, 0.2) is 6.10 Å². The van der Waals surface area contributed by atoms with Gasteiger partial charge in [0.25, 0.3) is 5.91 Å². The number of carbonyl (C=O) groups excluding carboxylic acids is 2. The molecule has 0 spiro atoms. The molecule has 1 aliphatic rings. The Morgan fingerprint density at radius 2 is 1.71 bits per heavy atom. The topological polar surface area (TPSA) is 68.3 Å². The molecule has 0 saturated carbocycles. The third-order valence-corrected chi connectivity index (χ3v) is 6.36. The molecule has 7 nitrogen and oxygen atoms in total. The zero-order chi connectivity index (χ0) is 22.5. The first-order chi connectivity index (χ1) is 14.8. The molecule has 166 valence electrons. The predicted molar refractivity (Wildman–Crippen MR) is 121 cm³/mol. The summed E-state index contributed by atoms with van der Waals surface area (Å²) >= 11 is 1.49. The third kappa shape index (κ3) is 5.32. The van der Waals surface area contributed by atoms with Gasteiger partial charge in [-0.05, 0) is 50.0 Å². The lowest BCUT2D eigenvalue weighted by Crippen LogP contribution is -2.45. The van der Waals surface area contributed by atoms with Crippen molar-refractivity contribution in [3.63, 3.8) is 0 Å². The Kier molecular flexibility index (Phi) is 7.46. The average Bonchev–Trinajstić information content (AvgIpc) is 2.86. The average molecular weight is 445 g/mol. The van der Waals surface area contributed by atoms with Crippen LogP contribution in [0.15, 0.2) is 47.4 Å². The molecule has 2 atom stereocenters. The monoisotopic (exact) mass is 444 g/mol. The zero-order valence-corrected chi connectivity index (χ0v) is 19.3. The van der Waals surface area contributed by atoms with E-state index in [4.69, 9.17) is 14.2 Å². The molecule has 2 aromatic rings. The molecule has 1 heterocycles. The van der Waals surface area contributed by atoms with Crippen LogP contribution in [0.4, 0.5) is 5.69 Å². The molecular weight excluding hydrogens is 416 g/mol. The summed E-state index contributed by atoms with van der Waals surface area (Å²) in [6.45, 7) is 2.47. The maximum atomic E-state index is 13.7. The van der Waals surface area contributed by atoms with Gasteiger partial charge in [0.2, 0.25) is 0 Å². The summed E-state index contributed by atoms with van der Waals surface area (Å²) in [4.78, 5) is 30.2. The number of benzene rings is 2. The Morgan fingerprint density at radius 1 is 1.06 bits per heavy atom. The molecule has 3 rings (SSSR count). The summed E-state index contributed by atoms with van der Waals surface area (Å²) in [5.41, 5.74) is 1.65. The summed E-state index contributed by atoms with van der Waals surface area (Å²) < 4.78 is 16.3. The van der Waals surface area contributed by atoms with Crippen molar-refractivity contribution in [2.45, 2.75) is 23.2 Å². The Morgan fingerprint density at radius 3 is 2.29 bits per heavy atom. The van der Waals surface area contributed by atoms with Gasteiger partial charge in [-0.25, -0.2) is 0 Å². The largest absolute Gasteiger partial charge is 0.497 e. The summed E-state index contributed by atoms with van der Waals surface area (Å²) in [7, 11) is 7.12. The fourth-order valence-corrected chi connectivity index (χ4v) is 4.74. The smallest absolute Gasteiger partial charge is 0.303 e. The van der Waals surface area contributed by atoms with Crippen molar-refractivity contribution in [3.05, 3.63) is 48.0 Å². The highest BCUT2D eigenvalue weighted by Crippen LogP contribution is 2.48. The lowest BCUT2D eigenvalue weighted by molar-refractivity contribution is -0.152. The molecule has 0 saturated heterocycles. The van der Waals surface area contributed by atoms with Gasteiger partial charge < -0.3 is 24.0 Å². The normalized spacial score (nSPS) is 18.4. The van der Waals surface area contributed by atoms with Gasteiger partial charge in [-0.2, -0.15) is 0 Å². The second-order valence-electron chi connectivity index (χ2n) is 7.47. The number of methoxy groups -OCH3 is 2. The standard InChI is InChI=1S/C23H28N2O5S/c1-15(26)30-21-22(16-6-8-17(28-4)9-7-16)31-20-14-18(29-5)10-11-19(20)25(23(21)27)13-12-24(2)3/h6-11,14,21-22H,12-13H2,1-5H3. The molecule has 0 aliphatic carbocycles. The van der Waals surface area contributed by atoms with Gasteiger partial charge >= 0.3 is 5.97 Å². The molecule has 2 unspecified atom stereocenters. The van der Waals surface area contributed by atoms with Gasteiger partial charge in [0, 0.05) is 24.9 Å². The van der Waals surface area contributed by atoms with E-state index in [1.54, 1.807) is 19.1 Å². The predicted octanol–water partition coefficient (Wildman–Crippen LogP) is 3.38. The highest BCUT2D eigenvalue weighted by molar-refractivity contribution is 7.99. The summed E-state index contributed by atoms with van der Waals surface area (Å²) in [5, 5.41) is -0.419. The summed E-state index contributed by atoms with van der Waals surface area (Å²) in [5.74, 6) is 0.681. The van der Waals surface area contributed by atoms with Crippen LogP contribution in [-0.4, -0.2) is 64.3 Å². The van der Waals surface area contributed by atoms with E-state index in [2.05, 4.69) is 0 Å². The van der Waals surface area contributed by atoms with Gasteiger partial charge in [-0.15, -0.1) is 11.8 Å². The van der Waals surface area contributed by atoms with Crippen molar-refractivity contribution in [1.82, 2.24) is 4.90 Å². The lowest BCUT2D eigenvalue weighted by Gasteiger charge is -2.28. The summed E-state index contributed by atoms with van der Waals surface area (Å²) in [6, 6.07) is 13.1. The number of hydrogen-bond acceptors (Lipinski definition) is 7. The van der Waals surface area contributed by atoms with E-state index >= 15 is 0 Å². The lowest BCUT2D eigenvalue weighted by atomic mass is 10.1. The van der Waals surface area contributed by atoms with Crippen molar-refractivity contribution >= 4 is 29.3 Å². The fraction of sp³-hybridized carbons (Fsp3) is 0.391. The van der Waals surface area contributed by atoms with E-state index in [1.165, 1.54) is 18.7 Å². The Balaban J connectivity index is 2.11. The minimum absolute atomic E-state index is 0.241. The molecule has 0 fully saturated rings. The number of ether oxygens (including phenoxy) is 3. The van der Waals surface area contributed by atoms with Crippen molar-refractivity contribution in [2.24, 2.45) is 0 Å². The number of hydrogen-bond donors (Lipinski definition) is 0. The SMILES string of the molecule is COc1ccc(C2Sc3cc(OC)ccc3N(CCN(C)C)C(=O)C2OC(C)=O)cc1. The number of rotatable bonds is 7. The maximum Gasteiger partial charge on any atom is 0.303 e. The Labute approximate surface area is 187 Å². The number of likely N-dealkylation sites (N-methyl/N-ethyl adjacent to an activating group) is 1. The van der Waals surface area contributed by atoms with Crippen molar-refractivity contribution in [3.8, 4) is 11.5 Å². The van der Waals surface area contributed by atoms with Crippen LogP contribution < -0.4 is 14.4 Å². The van der Waals surface area contributed by atoms with Crippen LogP contribution in [0.2, 0.25) is 0 Å². The summed E-state index contributed by atoms with van der Waals surface area (Å²) in [6.07, 6.45) is -0.962. The number of esters is 1. The Bertz CT molecular complexity index is 932. The highest BCUT2D eigenvalue weighted by atomic mass is 32.2. The number of amides is 1. The molecule has 1 amide bonds. The molecule has 1 aliphatic heterocycles. The van der Waals surface area contributed by atoms with E-state index in [-0.39, 0.29) is 5.91 Å². The third-order valence-electron chi connectivity index (χ3n) is 5.00. The first-order valence-corrected chi connectivity index (χ1v) is 10.8. The molecular formula is C23H28N2O5S. The van der Waals surface area contributed by atoms with Crippen LogP contribution in [0, 0.1) is 0 Å². The number of anilines is 1. The maximum absolute atomic E-state index is 13.7. The fourth-order valence-electron chi connectivity index (χ4n) is 3.40. The van der Waals surface area contributed by atoms with E-state index in [1.807, 2.05) is 61.5 Å². The molecule has 0 aromatic heterocycles. The molecule has 8 heteroatoms. The minimum Gasteiger partial charge on any atom is -0.497 e. The number of nitrogens with zero attached hydrogens (tertiary/aromatic N) is 2. The molecule has 2 aromatic carbocycles. The quantitative estimate of drug-likeness (QED) is 0.607. The van der Waals surface area contributed by atoms with Crippen LogP contribution >= 0.6 is 11.8 Å². The first kappa shape index (κ1) is 23.0. The Hall–Kier alpha value is -2.71. The van der Waals surface area contributed by atoms with E-state index in [0.717, 1.165) is 16.1 Å². The highest BCUT2D eigenvalue weighted by Gasteiger charge is 2.41. The second kappa shape index (κ2) is 10.1. The van der Waals surface area contributed by atoms with Crippen molar-refractivity contribution < 1.29 is 23.8 Å². The zero-order valence-electron chi connectivity index (χ0n) is 18.5.